The van der Waals surface area contributed by atoms with E-state index < -0.39 is 12.1 Å². The van der Waals surface area contributed by atoms with Crippen LogP contribution in [0.1, 0.15) is 10.4 Å². The lowest BCUT2D eigenvalue weighted by Crippen LogP contribution is -2.14. The van der Waals surface area contributed by atoms with E-state index in [9.17, 15) is 9.59 Å². The molecule has 0 aliphatic rings. The molecule has 0 bridgehead atoms. The summed E-state index contributed by atoms with van der Waals surface area (Å²) in [5, 5.41) is 11.3. The third-order valence-electron chi connectivity index (χ3n) is 2.02. The second-order valence-electron chi connectivity index (χ2n) is 3.23. The van der Waals surface area contributed by atoms with Gasteiger partial charge >= 0.3 is 12.1 Å². The number of amides is 1. The fraction of sp³-hybridized carbons (Fsp3) is 0.167. The number of nitrogens with one attached hydrogen (secondary N) is 1. The number of aromatic carboxylic acids is 1. The molecule has 0 aromatic heterocycles. The topological polar surface area (TPSA) is 84.9 Å². The molecule has 0 fully saturated rings. The van der Waals surface area contributed by atoms with Gasteiger partial charge in [0, 0.05) is 0 Å². The first-order valence-corrected chi connectivity index (χ1v) is 5.04. The molecule has 0 radical (unpaired) electrons. The minimum Gasteiger partial charge on any atom is -0.495 e. The maximum Gasteiger partial charge on any atom is 0.412 e. The average molecular weight is 251 g/mol. The van der Waals surface area contributed by atoms with Gasteiger partial charge < -0.3 is 14.6 Å². The molecule has 1 amide bonds. The van der Waals surface area contributed by atoms with Crippen LogP contribution in [0.5, 0.6) is 5.75 Å². The molecule has 0 spiro atoms. The monoisotopic (exact) mass is 251 g/mol. The summed E-state index contributed by atoms with van der Waals surface area (Å²) in [6, 6.07) is 4.09. The van der Waals surface area contributed by atoms with Gasteiger partial charge in [0.05, 0.1) is 18.4 Å². The normalized spacial score (nSPS) is 9.39. The number of anilines is 1. The molecular formula is C12H13NO5. The molecule has 0 saturated carbocycles. The van der Waals surface area contributed by atoms with Gasteiger partial charge in [-0.3, -0.25) is 5.32 Å². The molecule has 6 heteroatoms. The Morgan fingerprint density at radius 3 is 2.78 bits per heavy atom. The van der Waals surface area contributed by atoms with Gasteiger partial charge in [0.1, 0.15) is 12.4 Å². The van der Waals surface area contributed by atoms with Crippen LogP contribution in [0.2, 0.25) is 0 Å². The molecule has 0 saturated heterocycles. The fourth-order valence-electron chi connectivity index (χ4n) is 1.21. The lowest BCUT2D eigenvalue weighted by molar-refractivity contribution is 0.0696. The molecule has 2 N–H and O–H groups in total. The van der Waals surface area contributed by atoms with Gasteiger partial charge in [0.25, 0.3) is 0 Å². The highest BCUT2D eigenvalue weighted by atomic mass is 16.5. The van der Waals surface area contributed by atoms with E-state index in [1.165, 1.54) is 31.4 Å². The summed E-state index contributed by atoms with van der Waals surface area (Å²) in [5.74, 6) is -0.834. The Bertz CT molecular complexity index is 470. The number of benzene rings is 1. The van der Waals surface area contributed by atoms with E-state index in [4.69, 9.17) is 14.6 Å². The van der Waals surface area contributed by atoms with Crippen LogP contribution in [0.15, 0.2) is 30.9 Å². The molecular weight excluding hydrogens is 238 g/mol. The van der Waals surface area contributed by atoms with Gasteiger partial charge in [-0.25, -0.2) is 9.59 Å². The number of hydrogen-bond donors (Lipinski definition) is 2. The van der Waals surface area contributed by atoms with Crippen molar-refractivity contribution in [3.63, 3.8) is 0 Å². The SMILES string of the molecule is C=CCOC(=O)Nc1ccc(C(=O)O)cc1OC. The Balaban J connectivity index is 2.85. The van der Waals surface area contributed by atoms with Crippen molar-refractivity contribution in [2.45, 2.75) is 0 Å². The first-order chi connectivity index (χ1) is 8.58. The molecule has 18 heavy (non-hydrogen) atoms. The first-order valence-electron chi connectivity index (χ1n) is 5.04. The highest BCUT2D eigenvalue weighted by Crippen LogP contribution is 2.25. The van der Waals surface area contributed by atoms with Crippen molar-refractivity contribution in [2.24, 2.45) is 0 Å². The number of rotatable bonds is 5. The van der Waals surface area contributed by atoms with E-state index >= 15 is 0 Å². The summed E-state index contributed by atoms with van der Waals surface area (Å²) in [7, 11) is 1.38. The third-order valence-corrected chi connectivity index (χ3v) is 2.02. The molecule has 96 valence electrons. The standard InChI is InChI=1S/C12H13NO5/c1-3-6-18-12(16)13-9-5-4-8(11(14)15)7-10(9)17-2/h3-5,7H,1,6H2,2H3,(H,13,16)(H,14,15). The van der Waals surface area contributed by atoms with Gasteiger partial charge in [0.2, 0.25) is 0 Å². The van der Waals surface area contributed by atoms with Crippen LogP contribution in [0.25, 0.3) is 0 Å². The Labute approximate surface area is 104 Å². The lowest BCUT2D eigenvalue weighted by atomic mass is 10.2. The first kappa shape index (κ1) is 13.6. The van der Waals surface area contributed by atoms with Crippen molar-refractivity contribution in [3.8, 4) is 5.75 Å². The summed E-state index contributed by atoms with van der Waals surface area (Å²) >= 11 is 0. The number of carbonyl (C=O) groups excluding carboxylic acids is 1. The summed E-state index contributed by atoms with van der Waals surface area (Å²) in [6.07, 6.45) is 0.765. The summed E-state index contributed by atoms with van der Waals surface area (Å²) in [5.41, 5.74) is 0.397. The highest BCUT2D eigenvalue weighted by Gasteiger charge is 2.11. The zero-order valence-corrected chi connectivity index (χ0v) is 9.80. The van der Waals surface area contributed by atoms with Crippen molar-refractivity contribution >= 4 is 17.7 Å². The van der Waals surface area contributed by atoms with E-state index in [1.54, 1.807) is 0 Å². The predicted molar refractivity (Wildman–Crippen MR) is 65.1 cm³/mol. The molecule has 1 rings (SSSR count). The highest BCUT2D eigenvalue weighted by molar-refractivity contribution is 5.91. The molecule has 0 heterocycles. The van der Waals surface area contributed by atoms with Gasteiger partial charge in [-0.2, -0.15) is 0 Å². The summed E-state index contributed by atoms with van der Waals surface area (Å²) < 4.78 is 9.72. The maximum absolute atomic E-state index is 11.3. The van der Waals surface area contributed by atoms with E-state index in [0.717, 1.165) is 0 Å². The van der Waals surface area contributed by atoms with E-state index in [2.05, 4.69) is 11.9 Å². The third kappa shape index (κ3) is 3.51. The summed E-state index contributed by atoms with van der Waals surface area (Å²) in [4.78, 5) is 22.1. The second kappa shape index (κ2) is 6.29. The van der Waals surface area contributed by atoms with Gasteiger partial charge in [-0.05, 0) is 18.2 Å². The van der Waals surface area contributed by atoms with Crippen LogP contribution in [-0.4, -0.2) is 30.9 Å². The van der Waals surface area contributed by atoms with Gasteiger partial charge in [-0.1, -0.05) is 12.7 Å². The molecule has 6 nitrogen and oxygen atoms in total. The zero-order chi connectivity index (χ0) is 13.5. The Morgan fingerprint density at radius 2 is 2.22 bits per heavy atom. The molecule has 0 atom stereocenters. The number of carboxylic acids is 1. The maximum atomic E-state index is 11.3. The van der Waals surface area contributed by atoms with Crippen LogP contribution >= 0.6 is 0 Å². The molecule has 0 aliphatic carbocycles. The van der Waals surface area contributed by atoms with Crippen molar-refractivity contribution in [3.05, 3.63) is 36.4 Å². The number of carboxylic acid groups (broad SMARTS) is 1. The van der Waals surface area contributed by atoms with Crippen LogP contribution < -0.4 is 10.1 Å². The van der Waals surface area contributed by atoms with E-state index in [0.29, 0.717) is 5.69 Å². The lowest BCUT2D eigenvalue weighted by Gasteiger charge is -2.10. The van der Waals surface area contributed by atoms with Crippen molar-refractivity contribution in [1.82, 2.24) is 0 Å². The van der Waals surface area contributed by atoms with Crippen molar-refractivity contribution in [2.75, 3.05) is 19.0 Å². The molecule has 0 aliphatic heterocycles. The second-order valence-corrected chi connectivity index (χ2v) is 3.23. The Hall–Kier alpha value is -2.50. The quantitative estimate of drug-likeness (QED) is 0.783. The number of ether oxygens (including phenoxy) is 2. The number of methoxy groups -OCH3 is 1. The smallest absolute Gasteiger partial charge is 0.412 e. The minimum atomic E-state index is -1.07. The van der Waals surface area contributed by atoms with Crippen LogP contribution in [-0.2, 0) is 4.74 Å². The van der Waals surface area contributed by atoms with Crippen LogP contribution in [0.4, 0.5) is 10.5 Å². The molecule has 0 unspecified atom stereocenters. The van der Waals surface area contributed by atoms with Crippen LogP contribution in [0.3, 0.4) is 0 Å². The van der Waals surface area contributed by atoms with Crippen molar-refractivity contribution in [1.29, 1.82) is 0 Å². The van der Waals surface area contributed by atoms with Crippen molar-refractivity contribution < 1.29 is 24.2 Å². The fourth-order valence-corrected chi connectivity index (χ4v) is 1.21. The van der Waals surface area contributed by atoms with Gasteiger partial charge in [0.15, 0.2) is 0 Å². The molecule has 1 aromatic rings. The number of hydrogen-bond acceptors (Lipinski definition) is 4. The Morgan fingerprint density at radius 1 is 1.50 bits per heavy atom. The largest absolute Gasteiger partial charge is 0.495 e. The number of carbonyl (C=O) groups is 2. The van der Waals surface area contributed by atoms with Gasteiger partial charge in [-0.15, -0.1) is 0 Å². The Kier molecular flexibility index (Phi) is 4.74. The molecule has 1 aromatic carbocycles. The average Bonchev–Trinajstić information content (AvgIpc) is 2.36. The van der Waals surface area contributed by atoms with Crippen LogP contribution in [0, 0.1) is 0 Å². The van der Waals surface area contributed by atoms with E-state index in [1.807, 2.05) is 0 Å². The predicted octanol–water partition coefficient (Wildman–Crippen LogP) is 2.13. The summed E-state index contributed by atoms with van der Waals surface area (Å²) in [6.45, 7) is 3.49. The zero-order valence-electron chi connectivity index (χ0n) is 9.80. The van der Waals surface area contributed by atoms with E-state index in [-0.39, 0.29) is 17.9 Å². The minimum absolute atomic E-state index is 0.0665.